The van der Waals surface area contributed by atoms with Crippen LogP contribution in [0.5, 0.6) is 0 Å². The molecule has 1 aliphatic heterocycles. The molecular weight excluding hydrogens is 246 g/mol. The molecule has 1 atom stereocenters. The molecule has 0 aliphatic carbocycles. The molecule has 1 fully saturated rings. The summed E-state index contributed by atoms with van der Waals surface area (Å²) < 4.78 is 0. The Morgan fingerprint density at radius 1 is 1.33 bits per heavy atom. The lowest BCUT2D eigenvalue weighted by Crippen LogP contribution is -2.51. The van der Waals surface area contributed by atoms with Crippen molar-refractivity contribution in [1.29, 1.82) is 5.26 Å². The highest BCUT2D eigenvalue weighted by atomic mass is 32.2. The second kappa shape index (κ2) is 9.62. The van der Waals surface area contributed by atoms with Crippen molar-refractivity contribution in [1.82, 2.24) is 9.80 Å². The van der Waals surface area contributed by atoms with Crippen LogP contribution < -0.4 is 0 Å². The SMILES string of the molecule is CCC(CO)N1CCN(CCCSCC#N)CC1. The van der Waals surface area contributed by atoms with Crippen LogP contribution in [0, 0.1) is 11.3 Å². The van der Waals surface area contributed by atoms with Gasteiger partial charge in [0.05, 0.1) is 18.4 Å². The Morgan fingerprint density at radius 2 is 2.06 bits per heavy atom. The second-order valence-corrected chi connectivity index (χ2v) is 5.79. The molecule has 0 aromatic heterocycles. The summed E-state index contributed by atoms with van der Waals surface area (Å²) in [4.78, 5) is 4.90. The van der Waals surface area contributed by atoms with Gasteiger partial charge < -0.3 is 10.0 Å². The lowest BCUT2D eigenvalue weighted by atomic mass is 10.1. The van der Waals surface area contributed by atoms with Crippen molar-refractivity contribution >= 4 is 11.8 Å². The summed E-state index contributed by atoms with van der Waals surface area (Å²) in [5.74, 6) is 1.70. The molecule has 0 spiro atoms. The summed E-state index contributed by atoms with van der Waals surface area (Å²) in [7, 11) is 0. The highest BCUT2D eigenvalue weighted by Crippen LogP contribution is 2.10. The molecule has 0 amide bonds. The maximum Gasteiger partial charge on any atom is 0.0808 e. The lowest BCUT2D eigenvalue weighted by Gasteiger charge is -2.38. The third-order valence-electron chi connectivity index (χ3n) is 3.53. The van der Waals surface area contributed by atoms with Gasteiger partial charge in [-0.25, -0.2) is 0 Å². The Morgan fingerprint density at radius 3 is 2.61 bits per heavy atom. The van der Waals surface area contributed by atoms with Gasteiger partial charge in [0.2, 0.25) is 0 Å². The Bertz CT molecular complexity index is 245. The van der Waals surface area contributed by atoms with E-state index < -0.39 is 0 Å². The maximum absolute atomic E-state index is 9.28. The lowest BCUT2D eigenvalue weighted by molar-refractivity contribution is 0.0638. The molecule has 0 aromatic carbocycles. The van der Waals surface area contributed by atoms with Crippen molar-refractivity contribution in [2.24, 2.45) is 0 Å². The number of hydrogen-bond acceptors (Lipinski definition) is 5. The highest BCUT2D eigenvalue weighted by Gasteiger charge is 2.21. The number of thioether (sulfide) groups is 1. The van der Waals surface area contributed by atoms with Gasteiger partial charge in [-0.05, 0) is 25.1 Å². The molecular formula is C13H25N3OS. The van der Waals surface area contributed by atoms with Gasteiger partial charge in [0.15, 0.2) is 0 Å². The molecule has 0 saturated carbocycles. The van der Waals surface area contributed by atoms with E-state index in [1.54, 1.807) is 11.8 Å². The van der Waals surface area contributed by atoms with Crippen molar-refractivity contribution < 1.29 is 5.11 Å². The number of piperazine rings is 1. The quantitative estimate of drug-likeness (QED) is 0.668. The van der Waals surface area contributed by atoms with Crippen LogP contribution in [-0.4, -0.2) is 71.8 Å². The predicted molar refractivity (Wildman–Crippen MR) is 76.7 cm³/mol. The van der Waals surface area contributed by atoms with Gasteiger partial charge in [-0.1, -0.05) is 6.92 Å². The van der Waals surface area contributed by atoms with Crippen LogP contribution in [0.1, 0.15) is 19.8 Å². The molecule has 1 heterocycles. The Balaban J connectivity index is 2.10. The van der Waals surface area contributed by atoms with Crippen molar-refractivity contribution in [3.8, 4) is 6.07 Å². The van der Waals surface area contributed by atoms with Crippen LogP contribution in [0.25, 0.3) is 0 Å². The monoisotopic (exact) mass is 271 g/mol. The van der Waals surface area contributed by atoms with Crippen molar-refractivity contribution in [2.45, 2.75) is 25.8 Å². The number of aliphatic hydroxyl groups is 1. The van der Waals surface area contributed by atoms with Crippen LogP contribution >= 0.6 is 11.8 Å². The fourth-order valence-electron chi connectivity index (χ4n) is 2.36. The highest BCUT2D eigenvalue weighted by molar-refractivity contribution is 7.99. The Hall–Kier alpha value is -0.280. The number of rotatable bonds is 8. The normalized spacial score (nSPS) is 19.6. The fourth-order valence-corrected chi connectivity index (χ4v) is 2.93. The Labute approximate surface area is 115 Å². The zero-order valence-corrected chi connectivity index (χ0v) is 12.2. The van der Waals surface area contributed by atoms with Crippen LogP contribution in [0.3, 0.4) is 0 Å². The first-order valence-corrected chi connectivity index (χ1v) is 7.99. The van der Waals surface area contributed by atoms with Gasteiger partial charge in [-0.3, -0.25) is 4.90 Å². The van der Waals surface area contributed by atoms with Gasteiger partial charge >= 0.3 is 0 Å². The van der Waals surface area contributed by atoms with E-state index in [4.69, 9.17) is 5.26 Å². The van der Waals surface area contributed by atoms with E-state index in [9.17, 15) is 5.11 Å². The minimum Gasteiger partial charge on any atom is -0.395 e. The molecule has 4 nitrogen and oxygen atoms in total. The molecule has 0 bridgehead atoms. The predicted octanol–water partition coefficient (Wildman–Crippen LogP) is 1.02. The topological polar surface area (TPSA) is 50.5 Å². The van der Waals surface area contributed by atoms with Gasteiger partial charge in [-0.2, -0.15) is 5.26 Å². The van der Waals surface area contributed by atoms with Crippen LogP contribution in [0.2, 0.25) is 0 Å². The van der Waals surface area contributed by atoms with E-state index in [1.807, 2.05) is 0 Å². The largest absolute Gasteiger partial charge is 0.395 e. The zero-order valence-electron chi connectivity index (χ0n) is 11.3. The molecule has 0 radical (unpaired) electrons. The second-order valence-electron chi connectivity index (χ2n) is 4.69. The summed E-state index contributed by atoms with van der Waals surface area (Å²) in [5.41, 5.74) is 0. The minimum atomic E-state index is 0.279. The summed E-state index contributed by atoms with van der Waals surface area (Å²) >= 11 is 1.72. The van der Waals surface area contributed by atoms with E-state index in [-0.39, 0.29) is 6.61 Å². The first kappa shape index (κ1) is 15.8. The van der Waals surface area contributed by atoms with Crippen molar-refractivity contribution in [2.75, 3.05) is 50.8 Å². The van der Waals surface area contributed by atoms with E-state index >= 15 is 0 Å². The number of nitriles is 1. The summed E-state index contributed by atoms with van der Waals surface area (Å²) in [6.45, 7) is 7.93. The standard InChI is InChI=1S/C13H25N3OS/c1-2-13(12-17)16-8-6-15(7-9-16)5-3-10-18-11-4-14/h13,17H,2-3,5-12H2,1H3. The first-order chi connectivity index (χ1) is 8.81. The van der Waals surface area contributed by atoms with E-state index in [2.05, 4.69) is 22.8 Å². The summed E-state index contributed by atoms with van der Waals surface area (Å²) in [6, 6.07) is 2.50. The zero-order chi connectivity index (χ0) is 13.2. The van der Waals surface area contributed by atoms with E-state index in [0.29, 0.717) is 11.8 Å². The molecule has 18 heavy (non-hydrogen) atoms. The van der Waals surface area contributed by atoms with Crippen molar-refractivity contribution in [3.63, 3.8) is 0 Å². The smallest absolute Gasteiger partial charge is 0.0808 e. The van der Waals surface area contributed by atoms with Gasteiger partial charge in [0.25, 0.3) is 0 Å². The minimum absolute atomic E-state index is 0.279. The summed E-state index contributed by atoms with van der Waals surface area (Å²) in [6.07, 6.45) is 2.20. The molecule has 1 unspecified atom stereocenters. The molecule has 5 heteroatoms. The van der Waals surface area contributed by atoms with Crippen LogP contribution in [0.15, 0.2) is 0 Å². The van der Waals surface area contributed by atoms with Gasteiger partial charge in [0.1, 0.15) is 0 Å². The van der Waals surface area contributed by atoms with Gasteiger partial charge in [-0.15, -0.1) is 11.8 Å². The number of nitrogens with zero attached hydrogens (tertiary/aromatic N) is 3. The molecule has 0 aromatic rings. The van der Waals surface area contributed by atoms with E-state index in [1.165, 1.54) is 6.42 Å². The molecule has 1 aliphatic rings. The summed E-state index contributed by atoms with van der Waals surface area (Å²) in [5, 5.41) is 17.7. The van der Waals surface area contributed by atoms with Crippen LogP contribution in [-0.2, 0) is 0 Å². The fraction of sp³-hybridized carbons (Fsp3) is 0.923. The van der Waals surface area contributed by atoms with Gasteiger partial charge in [0, 0.05) is 32.2 Å². The number of hydrogen-bond donors (Lipinski definition) is 1. The van der Waals surface area contributed by atoms with Crippen LogP contribution in [0.4, 0.5) is 0 Å². The molecule has 1 saturated heterocycles. The Kier molecular flexibility index (Phi) is 8.44. The number of aliphatic hydroxyl groups excluding tert-OH is 1. The van der Waals surface area contributed by atoms with Crippen molar-refractivity contribution in [3.05, 3.63) is 0 Å². The average Bonchev–Trinajstić information content (AvgIpc) is 2.41. The van der Waals surface area contributed by atoms with E-state index in [0.717, 1.165) is 44.9 Å². The molecule has 1 rings (SSSR count). The first-order valence-electron chi connectivity index (χ1n) is 6.83. The third-order valence-corrected chi connectivity index (χ3v) is 4.45. The maximum atomic E-state index is 9.28. The molecule has 1 N–H and O–H groups in total. The average molecular weight is 271 g/mol. The third kappa shape index (κ3) is 5.57. The molecule has 104 valence electrons.